The summed E-state index contributed by atoms with van der Waals surface area (Å²) >= 11 is 0. The maximum Gasteiger partial charge on any atom is 0.292 e. The summed E-state index contributed by atoms with van der Waals surface area (Å²) in [6.07, 6.45) is 5.09. The standard InChI is InChI=1S/C20H18N4O2/c1-2-24-20(26)17-13-7-6-12-16(17)18(23-24)19(25)22-21-14-8-11-15-9-4-3-5-10-15/h3-14H,2H2,1H3,(H,22,25)/b11-8+,21-14-. The number of allylic oxidation sites excluding steroid dienone is 1. The summed E-state index contributed by atoms with van der Waals surface area (Å²) in [5.74, 6) is -0.465. The van der Waals surface area contributed by atoms with Crippen LogP contribution in [0.25, 0.3) is 16.8 Å². The normalized spacial score (nSPS) is 11.4. The Kier molecular flexibility index (Phi) is 5.34. The average Bonchev–Trinajstić information content (AvgIpc) is 2.69. The molecule has 0 bridgehead atoms. The molecule has 1 heterocycles. The lowest BCUT2D eigenvalue weighted by atomic mass is 10.1. The van der Waals surface area contributed by atoms with E-state index in [1.807, 2.05) is 36.4 Å². The summed E-state index contributed by atoms with van der Waals surface area (Å²) < 4.78 is 1.27. The number of hydrazone groups is 1. The maximum atomic E-state index is 12.4. The van der Waals surface area contributed by atoms with Crippen molar-refractivity contribution in [3.63, 3.8) is 0 Å². The molecule has 1 aromatic heterocycles. The number of amides is 1. The van der Waals surface area contributed by atoms with E-state index in [2.05, 4.69) is 15.6 Å². The summed E-state index contributed by atoms with van der Waals surface area (Å²) in [4.78, 5) is 24.7. The number of aromatic nitrogens is 2. The third kappa shape index (κ3) is 3.75. The fraction of sp³-hybridized carbons (Fsp3) is 0.100. The molecule has 0 saturated heterocycles. The molecule has 130 valence electrons. The van der Waals surface area contributed by atoms with E-state index >= 15 is 0 Å². The summed E-state index contributed by atoms with van der Waals surface area (Å²) in [7, 11) is 0. The van der Waals surface area contributed by atoms with Gasteiger partial charge in [-0.2, -0.15) is 10.2 Å². The van der Waals surface area contributed by atoms with Crippen LogP contribution in [-0.2, 0) is 6.54 Å². The monoisotopic (exact) mass is 346 g/mol. The third-order valence-corrected chi connectivity index (χ3v) is 3.80. The van der Waals surface area contributed by atoms with Crippen LogP contribution >= 0.6 is 0 Å². The number of hydrogen-bond acceptors (Lipinski definition) is 4. The molecule has 3 aromatic rings. The number of carbonyl (C=O) groups excluding carboxylic acids is 1. The van der Waals surface area contributed by atoms with Crippen LogP contribution in [0.3, 0.4) is 0 Å². The van der Waals surface area contributed by atoms with Crippen molar-refractivity contribution in [2.45, 2.75) is 13.5 Å². The van der Waals surface area contributed by atoms with Crippen molar-refractivity contribution in [2.24, 2.45) is 5.10 Å². The van der Waals surface area contributed by atoms with Crippen LogP contribution in [0.1, 0.15) is 23.0 Å². The molecule has 0 radical (unpaired) electrons. The van der Waals surface area contributed by atoms with E-state index in [1.165, 1.54) is 10.9 Å². The fourth-order valence-corrected chi connectivity index (χ4v) is 2.53. The van der Waals surface area contributed by atoms with Gasteiger partial charge in [-0.05, 0) is 24.6 Å². The van der Waals surface area contributed by atoms with Gasteiger partial charge in [-0.15, -0.1) is 0 Å². The molecular formula is C20H18N4O2. The molecule has 26 heavy (non-hydrogen) atoms. The Morgan fingerprint density at radius 1 is 1.12 bits per heavy atom. The van der Waals surface area contributed by atoms with Crippen molar-refractivity contribution in [1.82, 2.24) is 15.2 Å². The van der Waals surface area contributed by atoms with Crippen molar-refractivity contribution >= 4 is 29.0 Å². The maximum absolute atomic E-state index is 12.4. The Morgan fingerprint density at radius 2 is 1.81 bits per heavy atom. The number of fused-ring (bicyclic) bond motifs is 1. The Morgan fingerprint density at radius 3 is 2.54 bits per heavy atom. The number of rotatable bonds is 5. The second-order valence-corrected chi connectivity index (χ2v) is 5.50. The van der Waals surface area contributed by atoms with Crippen LogP contribution in [0.15, 0.2) is 70.6 Å². The van der Waals surface area contributed by atoms with Crippen LogP contribution < -0.4 is 11.0 Å². The Bertz CT molecular complexity index is 1040. The van der Waals surface area contributed by atoms with E-state index in [-0.39, 0.29) is 11.3 Å². The molecule has 6 nitrogen and oxygen atoms in total. The smallest absolute Gasteiger partial charge is 0.267 e. The van der Waals surface area contributed by atoms with Gasteiger partial charge in [0.05, 0.1) is 5.39 Å². The molecule has 1 amide bonds. The molecular weight excluding hydrogens is 328 g/mol. The van der Waals surface area contributed by atoms with Gasteiger partial charge in [0.1, 0.15) is 0 Å². The summed E-state index contributed by atoms with van der Waals surface area (Å²) in [5, 5.41) is 9.04. The highest BCUT2D eigenvalue weighted by molar-refractivity contribution is 6.04. The van der Waals surface area contributed by atoms with Gasteiger partial charge in [0.15, 0.2) is 5.69 Å². The lowest BCUT2D eigenvalue weighted by Gasteiger charge is -2.08. The number of nitrogens with one attached hydrogen (secondary N) is 1. The molecule has 2 aromatic carbocycles. The third-order valence-electron chi connectivity index (χ3n) is 3.80. The van der Waals surface area contributed by atoms with Gasteiger partial charge < -0.3 is 0 Å². The highest BCUT2D eigenvalue weighted by atomic mass is 16.2. The SMILES string of the molecule is CCn1nc(C(=O)N/N=C\C=C\c2ccccc2)c2ccccc2c1=O. The predicted octanol–water partition coefficient (Wildman–Crippen LogP) is 2.85. The van der Waals surface area contributed by atoms with Crippen LogP contribution in [0.5, 0.6) is 0 Å². The minimum absolute atomic E-state index is 0.172. The van der Waals surface area contributed by atoms with Crippen LogP contribution in [0.4, 0.5) is 0 Å². The Hall–Kier alpha value is -3.54. The van der Waals surface area contributed by atoms with Crippen molar-refractivity contribution in [3.8, 4) is 0 Å². The number of carbonyl (C=O) groups is 1. The molecule has 0 aliphatic carbocycles. The van der Waals surface area contributed by atoms with Gasteiger partial charge >= 0.3 is 0 Å². The molecule has 1 N–H and O–H groups in total. The summed E-state index contributed by atoms with van der Waals surface area (Å²) in [6, 6.07) is 16.7. The van der Waals surface area contributed by atoms with Gasteiger partial charge in [0, 0.05) is 18.1 Å². The quantitative estimate of drug-likeness (QED) is 0.570. The molecule has 0 spiro atoms. The number of aryl methyl sites for hydroxylation is 1. The summed E-state index contributed by atoms with van der Waals surface area (Å²) in [6.45, 7) is 2.18. The van der Waals surface area contributed by atoms with Gasteiger partial charge in [0.25, 0.3) is 11.5 Å². The zero-order chi connectivity index (χ0) is 18.4. The highest BCUT2D eigenvalue weighted by Crippen LogP contribution is 2.13. The number of hydrogen-bond donors (Lipinski definition) is 1. The van der Waals surface area contributed by atoms with Crippen LogP contribution in [-0.4, -0.2) is 21.9 Å². The lowest BCUT2D eigenvalue weighted by Crippen LogP contribution is -2.28. The molecule has 0 saturated carbocycles. The van der Waals surface area contributed by atoms with Gasteiger partial charge in [-0.1, -0.05) is 54.6 Å². The molecule has 0 atom stereocenters. The van der Waals surface area contributed by atoms with Crippen molar-refractivity contribution in [1.29, 1.82) is 0 Å². The van der Waals surface area contributed by atoms with Crippen molar-refractivity contribution < 1.29 is 4.79 Å². The number of benzene rings is 2. The van der Waals surface area contributed by atoms with E-state index in [4.69, 9.17) is 0 Å². The van der Waals surface area contributed by atoms with Gasteiger partial charge in [-0.3, -0.25) is 9.59 Å². The van der Waals surface area contributed by atoms with Crippen LogP contribution in [0.2, 0.25) is 0 Å². The Balaban J connectivity index is 1.80. The van der Waals surface area contributed by atoms with Crippen molar-refractivity contribution in [3.05, 3.63) is 82.3 Å². The molecule has 0 aliphatic heterocycles. The van der Waals surface area contributed by atoms with E-state index in [1.54, 1.807) is 37.3 Å². The zero-order valence-electron chi connectivity index (χ0n) is 14.3. The van der Waals surface area contributed by atoms with E-state index in [0.717, 1.165) is 5.56 Å². The van der Waals surface area contributed by atoms with Crippen molar-refractivity contribution in [2.75, 3.05) is 0 Å². The second-order valence-electron chi connectivity index (χ2n) is 5.50. The first-order valence-corrected chi connectivity index (χ1v) is 8.25. The first-order chi connectivity index (χ1) is 12.7. The average molecular weight is 346 g/mol. The second kappa shape index (κ2) is 8.02. The predicted molar refractivity (Wildman–Crippen MR) is 103 cm³/mol. The van der Waals surface area contributed by atoms with E-state index in [9.17, 15) is 9.59 Å². The minimum atomic E-state index is -0.465. The van der Waals surface area contributed by atoms with Crippen LogP contribution in [0, 0.1) is 0 Å². The molecule has 0 unspecified atom stereocenters. The van der Waals surface area contributed by atoms with E-state index < -0.39 is 5.91 Å². The number of nitrogens with zero attached hydrogens (tertiary/aromatic N) is 3. The summed E-state index contributed by atoms with van der Waals surface area (Å²) in [5.41, 5.74) is 3.44. The van der Waals surface area contributed by atoms with E-state index in [0.29, 0.717) is 17.3 Å². The highest BCUT2D eigenvalue weighted by Gasteiger charge is 2.15. The molecule has 0 fully saturated rings. The topological polar surface area (TPSA) is 76.3 Å². The minimum Gasteiger partial charge on any atom is -0.267 e. The molecule has 0 aliphatic rings. The fourth-order valence-electron chi connectivity index (χ4n) is 2.53. The Labute approximate surface area is 150 Å². The lowest BCUT2D eigenvalue weighted by molar-refractivity contribution is 0.0949. The van der Waals surface area contributed by atoms with Gasteiger partial charge in [-0.25, -0.2) is 10.1 Å². The molecule has 3 rings (SSSR count). The van der Waals surface area contributed by atoms with Gasteiger partial charge in [0.2, 0.25) is 0 Å². The molecule has 6 heteroatoms. The first-order valence-electron chi connectivity index (χ1n) is 8.25. The first kappa shape index (κ1) is 17.3. The zero-order valence-corrected chi connectivity index (χ0v) is 14.3. The largest absolute Gasteiger partial charge is 0.292 e.